The van der Waals surface area contributed by atoms with E-state index in [1.54, 1.807) is 24.3 Å². The lowest BCUT2D eigenvalue weighted by molar-refractivity contribution is -0.137. The molecule has 100 valence electrons. The van der Waals surface area contributed by atoms with Gasteiger partial charge >= 0.3 is 5.97 Å². The molecule has 0 saturated carbocycles. The molecule has 0 unspecified atom stereocenters. The van der Waals surface area contributed by atoms with E-state index < -0.39 is 0 Å². The Morgan fingerprint density at radius 1 is 1.56 bits per heavy atom. The van der Waals surface area contributed by atoms with Crippen LogP contribution in [0.5, 0.6) is 0 Å². The van der Waals surface area contributed by atoms with Crippen LogP contribution in [0.2, 0.25) is 0 Å². The van der Waals surface area contributed by atoms with Crippen LogP contribution in [0.1, 0.15) is 25.6 Å². The number of hydrogen-bond acceptors (Lipinski definition) is 4. The van der Waals surface area contributed by atoms with Crippen molar-refractivity contribution < 1.29 is 9.53 Å². The number of carbonyl (C=O) groups excluding carboxylic acids is 1. The summed E-state index contributed by atoms with van der Waals surface area (Å²) in [5.41, 5.74) is 0.117. The predicted octanol–water partition coefficient (Wildman–Crippen LogP) is 2.73. The maximum absolute atomic E-state index is 11.1. The van der Waals surface area contributed by atoms with Gasteiger partial charge < -0.3 is 10.1 Å². The van der Waals surface area contributed by atoms with Gasteiger partial charge in [-0.2, -0.15) is 0 Å². The lowest BCUT2D eigenvalue weighted by Gasteiger charge is -2.23. The summed E-state index contributed by atoms with van der Waals surface area (Å²) in [7, 11) is 0. The Kier molecular flexibility index (Phi) is 6.09. The van der Waals surface area contributed by atoms with Crippen LogP contribution in [0.25, 0.3) is 0 Å². The van der Waals surface area contributed by atoms with Crippen molar-refractivity contribution in [2.45, 2.75) is 26.2 Å². The van der Waals surface area contributed by atoms with E-state index >= 15 is 0 Å². The van der Waals surface area contributed by atoms with Crippen LogP contribution in [-0.4, -0.2) is 25.7 Å². The second kappa shape index (κ2) is 7.34. The van der Waals surface area contributed by atoms with Gasteiger partial charge in [-0.05, 0) is 18.4 Å². The van der Waals surface area contributed by atoms with Crippen LogP contribution in [0.3, 0.4) is 0 Å². The van der Waals surface area contributed by atoms with Crippen molar-refractivity contribution in [1.29, 1.82) is 0 Å². The standard InChI is InChI=1S/C14H21NO2S/c1-4-17-13(16)8-5-9-15-11-14(2,3)12-7-6-10-18-12/h5-8,10,15H,4,9,11H2,1-3H3/b8-5+. The molecule has 1 aromatic rings. The molecule has 0 saturated heterocycles. The molecule has 4 heteroatoms. The van der Waals surface area contributed by atoms with Gasteiger partial charge in [0.05, 0.1) is 6.61 Å². The summed E-state index contributed by atoms with van der Waals surface area (Å²) < 4.78 is 4.80. The number of hydrogen-bond donors (Lipinski definition) is 1. The lowest BCUT2D eigenvalue weighted by Crippen LogP contribution is -2.32. The fourth-order valence-electron chi connectivity index (χ4n) is 1.56. The summed E-state index contributed by atoms with van der Waals surface area (Å²) in [6.07, 6.45) is 3.26. The average molecular weight is 267 g/mol. The molecular weight excluding hydrogens is 246 g/mol. The number of carbonyl (C=O) groups is 1. The van der Waals surface area contributed by atoms with Gasteiger partial charge in [-0.3, -0.25) is 0 Å². The molecule has 0 aliphatic carbocycles. The third kappa shape index (κ3) is 5.02. The van der Waals surface area contributed by atoms with Crippen LogP contribution in [0.4, 0.5) is 0 Å². The number of esters is 1. The Labute approximate surface area is 113 Å². The van der Waals surface area contributed by atoms with Gasteiger partial charge in [0, 0.05) is 29.5 Å². The van der Waals surface area contributed by atoms with Gasteiger partial charge in [0.25, 0.3) is 0 Å². The van der Waals surface area contributed by atoms with Crippen molar-refractivity contribution >= 4 is 17.3 Å². The lowest BCUT2D eigenvalue weighted by atomic mass is 9.91. The number of ether oxygens (including phenoxy) is 1. The Morgan fingerprint density at radius 2 is 2.33 bits per heavy atom. The van der Waals surface area contributed by atoms with Gasteiger partial charge in [-0.25, -0.2) is 4.79 Å². The topological polar surface area (TPSA) is 38.3 Å². The molecule has 1 rings (SSSR count). The van der Waals surface area contributed by atoms with Crippen LogP contribution < -0.4 is 5.32 Å². The van der Waals surface area contributed by atoms with Crippen molar-refractivity contribution in [1.82, 2.24) is 5.32 Å². The normalized spacial score (nSPS) is 11.9. The second-order valence-corrected chi connectivity index (χ2v) is 5.59. The largest absolute Gasteiger partial charge is 0.463 e. The molecule has 0 bridgehead atoms. The van der Waals surface area contributed by atoms with Gasteiger partial charge in [0.1, 0.15) is 0 Å². The van der Waals surface area contributed by atoms with Crippen molar-refractivity contribution in [3.63, 3.8) is 0 Å². The van der Waals surface area contributed by atoms with E-state index in [0.29, 0.717) is 13.2 Å². The van der Waals surface area contributed by atoms with Crippen LogP contribution >= 0.6 is 11.3 Å². The highest BCUT2D eigenvalue weighted by atomic mass is 32.1. The molecule has 0 spiro atoms. The molecule has 0 fully saturated rings. The summed E-state index contributed by atoms with van der Waals surface area (Å²) in [5, 5.41) is 5.42. The predicted molar refractivity (Wildman–Crippen MR) is 76.0 cm³/mol. The van der Waals surface area contributed by atoms with E-state index in [0.717, 1.165) is 6.54 Å². The first-order chi connectivity index (χ1) is 8.56. The highest BCUT2D eigenvalue weighted by Crippen LogP contribution is 2.26. The summed E-state index contributed by atoms with van der Waals surface area (Å²) in [4.78, 5) is 12.4. The molecule has 0 aliphatic rings. The van der Waals surface area contributed by atoms with Crippen molar-refractivity contribution in [3.8, 4) is 0 Å². The van der Waals surface area contributed by atoms with E-state index in [4.69, 9.17) is 4.74 Å². The summed E-state index contributed by atoms with van der Waals surface area (Å²) in [6, 6.07) is 4.23. The number of thiophene rings is 1. The highest BCUT2D eigenvalue weighted by Gasteiger charge is 2.20. The zero-order valence-corrected chi connectivity index (χ0v) is 12.0. The summed E-state index contributed by atoms with van der Waals surface area (Å²) in [5.74, 6) is -0.281. The molecular formula is C14H21NO2S. The van der Waals surface area contributed by atoms with Gasteiger partial charge in [0.15, 0.2) is 0 Å². The molecule has 0 atom stereocenters. The minimum absolute atomic E-state index is 0.117. The molecule has 1 heterocycles. The molecule has 1 N–H and O–H groups in total. The Balaban J connectivity index is 2.28. The van der Waals surface area contributed by atoms with Crippen LogP contribution in [0, 0.1) is 0 Å². The Morgan fingerprint density at radius 3 is 2.94 bits per heavy atom. The van der Waals surface area contributed by atoms with E-state index in [9.17, 15) is 4.79 Å². The smallest absolute Gasteiger partial charge is 0.330 e. The summed E-state index contributed by atoms with van der Waals surface area (Å²) >= 11 is 1.77. The van der Waals surface area contributed by atoms with Gasteiger partial charge in [-0.15, -0.1) is 11.3 Å². The third-order valence-corrected chi connectivity index (χ3v) is 3.79. The van der Waals surface area contributed by atoms with E-state index in [1.807, 2.05) is 0 Å². The van der Waals surface area contributed by atoms with Crippen molar-refractivity contribution in [2.24, 2.45) is 0 Å². The third-order valence-electron chi connectivity index (χ3n) is 2.56. The first kappa shape index (κ1) is 14.9. The fraction of sp³-hybridized carbons (Fsp3) is 0.500. The van der Waals surface area contributed by atoms with Crippen molar-refractivity contribution in [2.75, 3.05) is 19.7 Å². The van der Waals surface area contributed by atoms with Gasteiger partial charge in [0.2, 0.25) is 0 Å². The van der Waals surface area contributed by atoms with E-state index in [2.05, 4.69) is 36.7 Å². The number of nitrogens with one attached hydrogen (secondary N) is 1. The first-order valence-electron chi connectivity index (χ1n) is 6.14. The monoisotopic (exact) mass is 267 g/mol. The zero-order chi connectivity index (χ0) is 13.4. The molecule has 1 aromatic heterocycles. The zero-order valence-electron chi connectivity index (χ0n) is 11.2. The quantitative estimate of drug-likeness (QED) is 0.469. The van der Waals surface area contributed by atoms with Gasteiger partial charge in [-0.1, -0.05) is 26.0 Å². The maximum atomic E-state index is 11.1. The van der Waals surface area contributed by atoms with Crippen LogP contribution in [0.15, 0.2) is 29.7 Å². The Bertz CT molecular complexity index is 383. The minimum Gasteiger partial charge on any atom is -0.463 e. The molecule has 0 amide bonds. The summed E-state index contributed by atoms with van der Waals surface area (Å²) in [6.45, 7) is 8.19. The molecule has 3 nitrogen and oxygen atoms in total. The fourth-order valence-corrected chi connectivity index (χ4v) is 2.42. The Hall–Kier alpha value is -1.13. The molecule has 18 heavy (non-hydrogen) atoms. The van der Waals surface area contributed by atoms with E-state index in [1.165, 1.54) is 11.0 Å². The first-order valence-corrected chi connectivity index (χ1v) is 7.02. The van der Waals surface area contributed by atoms with Crippen LogP contribution in [-0.2, 0) is 14.9 Å². The molecule has 0 radical (unpaired) electrons. The second-order valence-electron chi connectivity index (χ2n) is 4.65. The molecule has 0 aromatic carbocycles. The van der Waals surface area contributed by atoms with E-state index in [-0.39, 0.29) is 11.4 Å². The molecule has 0 aliphatic heterocycles. The van der Waals surface area contributed by atoms with Crippen molar-refractivity contribution in [3.05, 3.63) is 34.5 Å². The minimum atomic E-state index is -0.281. The highest BCUT2D eigenvalue weighted by molar-refractivity contribution is 7.10. The SMILES string of the molecule is CCOC(=O)/C=C/CNCC(C)(C)c1cccs1. The number of rotatable bonds is 7. The average Bonchev–Trinajstić information content (AvgIpc) is 2.83. The maximum Gasteiger partial charge on any atom is 0.330 e.